The third-order valence-corrected chi connectivity index (χ3v) is 4.03. The Kier molecular flexibility index (Phi) is 8.34. The summed E-state index contributed by atoms with van der Waals surface area (Å²) in [5.41, 5.74) is 5.78. The third-order valence-electron chi connectivity index (χ3n) is 2.81. The summed E-state index contributed by atoms with van der Waals surface area (Å²) < 4.78 is 0.733. The van der Waals surface area contributed by atoms with Gasteiger partial charge >= 0.3 is 0 Å². The van der Waals surface area contributed by atoms with E-state index >= 15 is 0 Å². The van der Waals surface area contributed by atoms with Gasteiger partial charge in [-0.2, -0.15) is 0 Å². The second kappa shape index (κ2) is 8.59. The van der Waals surface area contributed by atoms with Gasteiger partial charge in [0.2, 0.25) is 5.91 Å². The van der Waals surface area contributed by atoms with Crippen molar-refractivity contribution < 1.29 is 4.79 Å². The van der Waals surface area contributed by atoms with Crippen LogP contribution in [0.4, 0.5) is 0 Å². The second-order valence-corrected chi connectivity index (χ2v) is 6.16. The lowest BCUT2D eigenvalue weighted by Crippen LogP contribution is -2.41. The van der Waals surface area contributed by atoms with E-state index in [1.807, 2.05) is 26.0 Å². The van der Waals surface area contributed by atoms with Crippen molar-refractivity contribution in [2.75, 3.05) is 6.54 Å². The van der Waals surface area contributed by atoms with Crippen LogP contribution in [0.15, 0.2) is 24.8 Å². The highest BCUT2D eigenvalue weighted by atomic mass is 35.5. The monoisotopic (exact) mass is 322 g/mol. The van der Waals surface area contributed by atoms with Crippen LogP contribution in [0.3, 0.4) is 0 Å². The van der Waals surface area contributed by atoms with Crippen molar-refractivity contribution in [1.29, 1.82) is 0 Å². The quantitative estimate of drug-likeness (QED) is 0.816. The molecule has 1 amide bonds. The lowest BCUT2D eigenvalue weighted by atomic mass is 10.0. The Morgan fingerprint density at radius 1 is 1.58 bits per heavy atom. The molecule has 2 atom stereocenters. The summed E-state index contributed by atoms with van der Waals surface area (Å²) in [5, 5.41) is 0. The Bertz CT molecular complexity index is 421. The minimum Gasteiger partial charge on any atom is -0.334 e. The van der Waals surface area contributed by atoms with Crippen LogP contribution >= 0.6 is 35.3 Å². The molecule has 1 aromatic rings. The molecule has 0 aliphatic carbocycles. The molecular weight excluding hydrogens is 303 g/mol. The van der Waals surface area contributed by atoms with Gasteiger partial charge in [-0.05, 0) is 19.1 Å². The maximum absolute atomic E-state index is 12.3. The molecule has 2 unspecified atom stereocenters. The van der Waals surface area contributed by atoms with Crippen molar-refractivity contribution in [2.45, 2.75) is 26.4 Å². The Labute approximate surface area is 129 Å². The normalized spacial score (nSPS) is 13.3. The number of nitrogens with two attached hydrogens (primary N) is 1. The Balaban J connectivity index is 0.00000324. The van der Waals surface area contributed by atoms with Crippen LogP contribution in [-0.2, 0) is 11.3 Å². The zero-order chi connectivity index (χ0) is 13.7. The average molecular weight is 323 g/mol. The van der Waals surface area contributed by atoms with Crippen molar-refractivity contribution in [3.8, 4) is 0 Å². The first kappa shape index (κ1) is 18.4. The minimum atomic E-state index is -0.194. The topological polar surface area (TPSA) is 46.3 Å². The average Bonchev–Trinajstić information content (AvgIpc) is 2.72. The SMILES string of the molecule is C=CCN(Cc1ccc(Cl)s1)C(=O)C(C)C(C)N.Cl. The summed E-state index contributed by atoms with van der Waals surface area (Å²) in [7, 11) is 0. The van der Waals surface area contributed by atoms with Crippen LogP contribution in [0.5, 0.6) is 0 Å². The first-order valence-electron chi connectivity index (χ1n) is 5.85. The van der Waals surface area contributed by atoms with E-state index < -0.39 is 0 Å². The number of carbonyl (C=O) groups is 1. The van der Waals surface area contributed by atoms with Crippen LogP contribution in [0, 0.1) is 5.92 Å². The van der Waals surface area contributed by atoms with Crippen LogP contribution in [0.2, 0.25) is 4.34 Å². The molecule has 0 saturated heterocycles. The molecule has 1 rings (SSSR count). The van der Waals surface area contributed by atoms with Crippen LogP contribution in [0.1, 0.15) is 18.7 Å². The van der Waals surface area contributed by atoms with Crippen molar-refractivity contribution in [2.24, 2.45) is 11.7 Å². The smallest absolute Gasteiger partial charge is 0.227 e. The van der Waals surface area contributed by atoms with Gasteiger partial charge in [0, 0.05) is 17.5 Å². The molecule has 1 heterocycles. The van der Waals surface area contributed by atoms with E-state index in [-0.39, 0.29) is 30.3 Å². The van der Waals surface area contributed by atoms with E-state index in [2.05, 4.69) is 6.58 Å². The van der Waals surface area contributed by atoms with Crippen LogP contribution in [0.25, 0.3) is 0 Å². The maximum Gasteiger partial charge on any atom is 0.227 e. The van der Waals surface area contributed by atoms with E-state index in [0.717, 1.165) is 9.21 Å². The number of halogens is 2. The lowest BCUT2D eigenvalue weighted by molar-refractivity contribution is -0.135. The predicted octanol–water partition coefficient (Wildman–Crippen LogP) is 3.32. The summed E-state index contributed by atoms with van der Waals surface area (Å²) in [6, 6.07) is 3.62. The summed E-state index contributed by atoms with van der Waals surface area (Å²) in [5.74, 6) is -0.144. The predicted molar refractivity (Wildman–Crippen MR) is 85.0 cm³/mol. The van der Waals surface area contributed by atoms with Gasteiger partial charge < -0.3 is 10.6 Å². The molecular formula is C13H20Cl2N2OS. The summed E-state index contributed by atoms with van der Waals surface area (Å²) in [4.78, 5) is 15.1. The van der Waals surface area contributed by atoms with Gasteiger partial charge in [0.15, 0.2) is 0 Å². The van der Waals surface area contributed by atoms with Gasteiger partial charge in [-0.1, -0.05) is 24.6 Å². The van der Waals surface area contributed by atoms with E-state index in [9.17, 15) is 4.79 Å². The fraction of sp³-hybridized carbons (Fsp3) is 0.462. The van der Waals surface area contributed by atoms with Crippen LogP contribution < -0.4 is 5.73 Å². The highest BCUT2D eigenvalue weighted by molar-refractivity contribution is 7.16. The molecule has 0 aliphatic heterocycles. The van der Waals surface area contributed by atoms with Crippen molar-refractivity contribution >= 4 is 41.3 Å². The molecule has 0 radical (unpaired) electrons. The zero-order valence-electron chi connectivity index (χ0n) is 11.1. The van der Waals surface area contributed by atoms with Gasteiger partial charge in [0.1, 0.15) is 0 Å². The molecule has 0 aromatic carbocycles. The molecule has 2 N–H and O–H groups in total. The molecule has 19 heavy (non-hydrogen) atoms. The van der Waals surface area contributed by atoms with Gasteiger partial charge in [0.25, 0.3) is 0 Å². The van der Waals surface area contributed by atoms with E-state index in [1.54, 1.807) is 11.0 Å². The summed E-state index contributed by atoms with van der Waals surface area (Å²) in [6.45, 7) is 8.46. The maximum atomic E-state index is 12.3. The van der Waals surface area contributed by atoms with Crippen molar-refractivity contribution in [1.82, 2.24) is 4.90 Å². The molecule has 0 aliphatic rings. The standard InChI is InChI=1S/C13H19ClN2OS.ClH/c1-4-7-16(13(17)9(2)10(3)15)8-11-5-6-12(14)18-11;/h4-6,9-10H,1,7-8,15H2,2-3H3;1H. The van der Waals surface area contributed by atoms with Crippen molar-refractivity contribution in [3.05, 3.63) is 34.0 Å². The highest BCUT2D eigenvalue weighted by Gasteiger charge is 2.23. The number of carbonyl (C=O) groups excluding carboxylic acids is 1. The number of rotatable bonds is 6. The highest BCUT2D eigenvalue weighted by Crippen LogP contribution is 2.23. The molecule has 6 heteroatoms. The first-order chi connectivity index (χ1) is 8.45. The Morgan fingerprint density at radius 2 is 2.21 bits per heavy atom. The third kappa shape index (κ3) is 5.53. The molecule has 3 nitrogen and oxygen atoms in total. The summed E-state index contributed by atoms with van der Waals surface area (Å²) >= 11 is 7.37. The second-order valence-electron chi connectivity index (χ2n) is 4.36. The van der Waals surface area contributed by atoms with Gasteiger partial charge in [-0.3, -0.25) is 4.79 Å². The Hall–Kier alpha value is -0.550. The Morgan fingerprint density at radius 3 is 2.63 bits per heavy atom. The number of amides is 1. The number of thiophene rings is 1. The number of nitrogens with zero attached hydrogens (tertiary/aromatic N) is 1. The molecule has 0 saturated carbocycles. The van der Waals surface area contributed by atoms with Crippen LogP contribution in [-0.4, -0.2) is 23.4 Å². The fourth-order valence-electron chi connectivity index (χ4n) is 1.53. The van der Waals surface area contributed by atoms with Gasteiger partial charge in [0.05, 0.1) is 16.8 Å². The number of hydrogen-bond donors (Lipinski definition) is 1. The molecule has 0 spiro atoms. The minimum absolute atomic E-state index is 0. The van der Waals surface area contributed by atoms with E-state index in [0.29, 0.717) is 13.1 Å². The van der Waals surface area contributed by atoms with E-state index in [4.69, 9.17) is 17.3 Å². The van der Waals surface area contributed by atoms with Gasteiger partial charge in [-0.15, -0.1) is 30.3 Å². The molecule has 0 fully saturated rings. The van der Waals surface area contributed by atoms with E-state index in [1.165, 1.54) is 11.3 Å². The molecule has 108 valence electrons. The zero-order valence-corrected chi connectivity index (χ0v) is 13.5. The summed E-state index contributed by atoms with van der Waals surface area (Å²) in [6.07, 6.45) is 1.72. The van der Waals surface area contributed by atoms with Crippen molar-refractivity contribution in [3.63, 3.8) is 0 Å². The first-order valence-corrected chi connectivity index (χ1v) is 7.04. The largest absolute Gasteiger partial charge is 0.334 e. The molecule has 1 aromatic heterocycles. The molecule has 0 bridgehead atoms. The fourth-order valence-corrected chi connectivity index (χ4v) is 2.63. The lowest BCUT2D eigenvalue weighted by Gasteiger charge is -2.25. The number of hydrogen-bond acceptors (Lipinski definition) is 3. The van der Waals surface area contributed by atoms with Gasteiger partial charge in [-0.25, -0.2) is 0 Å².